The zero-order chi connectivity index (χ0) is 20.6. The van der Waals surface area contributed by atoms with Gasteiger partial charge in [-0.3, -0.25) is 19.8 Å². The van der Waals surface area contributed by atoms with Crippen LogP contribution >= 0.6 is 0 Å². The molecule has 27 heavy (non-hydrogen) atoms. The lowest BCUT2D eigenvalue weighted by Gasteiger charge is -2.27. The number of cyclic esters (lactones) is 1. The van der Waals surface area contributed by atoms with Gasteiger partial charge in [0, 0.05) is 6.42 Å². The Morgan fingerprint density at radius 1 is 1.07 bits per heavy atom. The van der Waals surface area contributed by atoms with Crippen LogP contribution in [0.15, 0.2) is 24.3 Å². The van der Waals surface area contributed by atoms with Crippen molar-refractivity contribution < 1.29 is 19.1 Å². The first-order valence-electron chi connectivity index (χ1n) is 9.65. The van der Waals surface area contributed by atoms with Crippen molar-refractivity contribution >= 4 is 17.9 Å². The van der Waals surface area contributed by atoms with Gasteiger partial charge in [0.05, 0.1) is 6.54 Å². The molecule has 150 valence electrons. The molecule has 0 bridgehead atoms. The van der Waals surface area contributed by atoms with Gasteiger partial charge in [0.25, 0.3) is 0 Å². The molecule has 2 aliphatic heterocycles. The number of carbonyl (C=O) groups excluding carboxylic acids is 3. The van der Waals surface area contributed by atoms with Gasteiger partial charge < -0.3 is 4.74 Å². The summed E-state index contributed by atoms with van der Waals surface area (Å²) in [6.07, 6.45) is -0.283. The number of aryl methyl sites for hydroxylation is 1. The quantitative estimate of drug-likeness (QED) is 0.792. The first kappa shape index (κ1) is 22.7. The summed E-state index contributed by atoms with van der Waals surface area (Å²) >= 11 is 0. The Bertz CT molecular complexity index is 637. The maximum atomic E-state index is 12.0. The third kappa shape index (κ3) is 6.70. The second kappa shape index (κ2) is 10.7. The van der Waals surface area contributed by atoms with Crippen molar-refractivity contribution in [2.45, 2.75) is 66.5 Å². The molecule has 1 aromatic carbocycles. The number of hydrogen-bond donors (Lipinski definition) is 1. The van der Waals surface area contributed by atoms with E-state index in [0.717, 1.165) is 17.0 Å². The van der Waals surface area contributed by atoms with Gasteiger partial charge in [0.1, 0.15) is 12.1 Å². The molecular formula is C21H32N2O4. The van der Waals surface area contributed by atoms with Gasteiger partial charge in [0.15, 0.2) is 0 Å². The van der Waals surface area contributed by atoms with Crippen LogP contribution in [-0.2, 0) is 14.3 Å². The lowest BCUT2D eigenvalue weighted by Crippen LogP contribution is -2.52. The van der Waals surface area contributed by atoms with Crippen LogP contribution in [0.2, 0.25) is 0 Å². The third-order valence-electron chi connectivity index (χ3n) is 3.88. The second-order valence-electron chi connectivity index (χ2n) is 7.13. The maximum absolute atomic E-state index is 12.0. The van der Waals surface area contributed by atoms with E-state index in [2.05, 4.69) is 26.1 Å². The topological polar surface area (TPSA) is 75.7 Å². The number of amides is 3. The van der Waals surface area contributed by atoms with Crippen LogP contribution in [0, 0.1) is 12.8 Å². The van der Waals surface area contributed by atoms with Gasteiger partial charge in [-0.1, -0.05) is 64.4 Å². The van der Waals surface area contributed by atoms with E-state index in [4.69, 9.17) is 4.74 Å². The summed E-state index contributed by atoms with van der Waals surface area (Å²) in [6.45, 7) is 12.8. The van der Waals surface area contributed by atoms with Crippen LogP contribution in [-0.4, -0.2) is 35.4 Å². The average Bonchev–Trinajstić information content (AvgIpc) is 2.98. The Hall–Kier alpha value is -2.37. The van der Waals surface area contributed by atoms with Crippen LogP contribution in [0.25, 0.3) is 0 Å². The highest BCUT2D eigenvalue weighted by Gasteiger charge is 2.41. The molecule has 0 aliphatic carbocycles. The van der Waals surface area contributed by atoms with E-state index < -0.39 is 18.0 Å². The molecule has 2 saturated heterocycles. The monoisotopic (exact) mass is 376 g/mol. The zero-order valence-corrected chi connectivity index (χ0v) is 17.2. The molecule has 0 aromatic heterocycles. The van der Waals surface area contributed by atoms with Crippen molar-refractivity contribution in [2.24, 2.45) is 5.92 Å². The minimum absolute atomic E-state index is 0.245. The fourth-order valence-corrected chi connectivity index (χ4v) is 2.67. The highest BCUT2D eigenvalue weighted by molar-refractivity contribution is 6.01. The van der Waals surface area contributed by atoms with Crippen LogP contribution in [0.3, 0.4) is 0 Å². The van der Waals surface area contributed by atoms with Gasteiger partial charge >= 0.3 is 6.09 Å². The number of carbonyl (C=O) groups is 3. The molecule has 6 nitrogen and oxygen atoms in total. The number of ether oxygens (including phenoxy) is 1. The van der Waals surface area contributed by atoms with Crippen molar-refractivity contribution in [3.63, 3.8) is 0 Å². The Balaban J connectivity index is 0.000000541. The minimum atomic E-state index is -0.620. The van der Waals surface area contributed by atoms with Crippen LogP contribution in [0.5, 0.6) is 0 Å². The van der Waals surface area contributed by atoms with E-state index in [1.165, 1.54) is 4.90 Å². The number of nitrogens with one attached hydrogen (secondary N) is 1. The first-order chi connectivity index (χ1) is 12.8. The van der Waals surface area contributed by atoms with Gasteiger partial charge in [-0.15, -0.1) is 0 Å². The smallest absolute Gasteiger partial charge is 0.411 e. The molecule has 0 spiro atoms. The Morgan fingerprint density at radius 3 is 2.15 bits per heavy atom. The molecule has 3 amide bonds. The fraction of sp³-hybridized carbons (Fsp3) is 0.571. The standard InChI is InChI=1S/C15H16N2O4.C4H10.C2H6/c1-9-2-4-10(5-3-9)12-8-17(15(20)21-12)11-6-7-13(18)16-14(11)19;1-4(2)3;1-2/h2-5,11-12H,6-8H2,1H3,(H,16,18,19);4H,1-3H3;1-2H3. The molecule has 6 heteroatoms. The largest absolute Gasteiger partial charge is 0.439 e. The number of hydrogen-bond acceptors (Lipinski definition) is 4. The molecule has 0 radical (unpaired) electrons. The van der Waals surface area contributed by atoms with Crippen LogP contribution in [0.1, 0.15) is 64.7 Å². The van der Waals surface area contributed by atoms with Crippen molar-refractivity contribution in [1.29, 1.82) is 0 Å². The molecule has 2 heterocycles. The van der Waals surface area contributed by atoms with Gasteiger partial charge in [0.2, 0.25) is 11.8 Å². The van der Waals surface area contributed by atoms with Gasteiger partial charge in [-0.25, -0.2) is 4.79 Å². The Kier molecular flexibility index (Phi) is 8.98. The first-order valence-corrected chi connectivity index (χ1v) is 9.65. The number of nitrogens with zero attached hydrogens (tertiary/aromatic N) is 1. The zero-order valence-electron chi connectivity index (χ0n) is 17.2. The molecule has 2 unspecified atom stereocenters. The number of rotatable bonds is 2. The van der Waals surface area contributed by atoms with Crippen molar-refractivity contribution in [1.82, 2.24) is 10.2 Å². The molecule has 2 atom stereocenters. The summed E-state index contributed by atoms with van der Waals surface area (Å²) in [5, 5.41) is 2.26. The molecule has 2 aliphatic rings. The summed E-state index contributed by atoms with van der Waals surface area (Å²) in [5.74, 6) is 0.117. The van der Waals surface area contributed by atoms with E-state index >= 15 is 0 Å². The average molecular weight is 376 g/mol. The van der Waals surface area contributed by atoms with E-state index in [-0.39, 0.29) is 18.4 Å². The lowest BCUT2D eigenvalue weighted by atomic mass is 10.0. The summed E-state index contributed by atoms with van der Waals surface area (Å²) in [5.41, 5.74) is 2.04. The number of imide groups is 1. The number of piperidine rings is 1. The predicted octanol–water partition coefficient (Wildman–Crippen LogP) is 3.98. The predicted molar refractivity (Wildman–Crippen MR) is 105 cm³/mol. The third-order valence-corrected chi connectivity index (χ3v) is 3.88. The van der Waals surface area contributed by atoms with E-state index in [1.54, 1.807) is 0 Å². The van der Waals surface area contributed by atoms with Gasteiger partial charge in [-0.2, -0.15) is 0 Å². The molecule has 0 saturated carbocycles. The highest BCUT2D eigenvalue weighted by atomic mass is 16.6. The summed E-state index contributed by atoms with van der Waals surface area (Å²) in [4.78, 5) is 36.4. The fourth-order valence-electron chi connectivity index (χ4n) is 2.67. The maximum Gasteiger partial charge on any atom is 0.411 e. The van der Waals surface area contributed by atoms with Crippen LogP contribution < -0.4 is 5.32 Å². The molecule has 3 rings (SSSR count). The second-order valence-corrected chi connectivity index (χ2v) is 7.13. The lowest BCUT2D eigenvalue weighted by molar-refractivity contribution is -0.136. The van der Waals surface area contributed by atoms with Crippen molar-refractivity contribution in [3.8, 4) is 0 Å². The van der Waals surface area contributed by atoms with Crippen molar-refractivity contribution in [3.05, 3.63) is 35.4 Å². The Labute approximate surface area is 162 Å². The minimum Gasteiger partial charge on any atom is -0.439 e. The summed E-state index contributed by atoms with van der Waals surface area (Å²) in [6, 6.07) is 7.13. The summed E-state index contributed by atoms with van der Waals surface area (Å²) in [7, 11) is 0. The SMILES string of the molecule is CC.CC(C)C.Cc1ccc(C2CN(C3CCC(=O)NC3=O)C(=O)O2)cc1. The van der Waals surface area contributed by atoms with Crippen molar-refractivity contribution in [2.75, 3.05) is 6.54 Å². The van der Waals surface area contributed by atoms with E-state index in [1.807, 2.05) is 45.0 Å². The Morgan fingerprint density at radius 2 is 1.63 bits per heavy atom. The molecule has 1 aromatic rings. The molecular weight excluding hydrogens is 344 g/mol. The van der Waals surface area contributed by atoms with Crippen LogP contribution in [0.4, 0.5) is 4.79 Å². The summed E-state index contributed by atoms with van der Waals surface area (Å²) < 4.78 is 5.35. The van der Waals surface area contributed by atoms with Gasteiger partial charge in [-0.05, 0) is 24.8 Å². The van der Waals surface area contributed by atoms with E-state index in [9.17, 15) is 14.4 Å². The number of benzene rings is 1. The normalized spacial score (nSPS) is 21.6. The molecule has 1 N–H and O–H groups in total. The highest BCUT2D eigenvalue weighted by Crippen LogP contribution is 2.29. The van der Waals surface area contributed by atoms with E-state index in [0.29, 0.717) is 13.0 Å². The molecule has 2 fully saturated rings.